The van der Waals surface area contributed by atoms with E-state index in [9.17, 15) is 18.0 Å². The van der Waals surface area contributed by atoms with Gasteiger partial charge in [0.2, 0.25) is 0 Å². The molecule has 90 valence electrons. The Morgan fingerprint density at radius 2 is 1.94 bits per heavy atom. The van der Waals surface area contributed by atoms with Crippen molar-refractivity contribution >= 4 is 0 Å². The Hall–Kier alpha value is -2.18. The van der Waals surface area contributed by atoms with Crippen LogP contribution in [-0.4, -0.2) is 11.5 Å². The van der Waals surface area contributed by atoms with Gasteiger partial charge in [0.15, 0.2) is 0 Å². The van der Waals surface area contributed by atoms with Crippen LogP contribution in [0, 0.1) is 0 Å². The molecule has 1 aromatic carbocycles. The Bertz CT molecular complexity index is 570. The molecule has 1 aromatic heterocycles. The third-order valence-electron chi connectivity index (χ3n) is 1.93. The topological polar surface area (TPSA) is 55.2 Å². The lowest BCUT2D eigenvalue weighted by Gasteiger charge is -2.11. The quantitative estimate of drug-likeness (QED) is 0.884. The van der Waals surface area contributed by atoms with E-state index in [0.29, 0.717) is 0 Å². The minimum atomic E-state index is -4.79. The molecular formula is C10H6F3NO3. The molecule has 2 aromatic rings. The number of ether oxygens (including phenoxy) is 1. The minimum absolute atomic E-state index is 0.0932. The molecule has 4 nitrogen and oxygen atoms in total. The van der Waals surface area contributed by atoms with Gasteiger partial charge in [-0.2, -0.15) is 0 Å². The highest BCUT2D eigenvalue weighted by Gasteiger charge is 2.32. The third-order valence-corrected chi connectivity index (χ3v) is 1.93. The van der Waals surface area contributed by atoms with Crippen molar-refractivity contribution < 1.29 is 22.4 Å². The fourth-order valence-corrected chi connectivity index (χ4v) is 1.32. The summed E-state index contributed by atoms with van der Waals surface area (Å²) in [6.07, 6.45) is -4.79. The largest absolute Gasteiger partial charge is 0.573 e. The average Bonchev–Trinajstić information content (AvgIpc) is 2.63. The summed E-state index contributed by atoms with van der Waals surface area (Å²) >= 11 is 0. The summed E-state index contributed by atoms with van der Waals surface area (Å²) in [5.41, 5.74) is -0.465. The van der Waals surface area contributed by atoms with Crippen LogP contribution in [0.15, 0.2) is 39.6 Å². The van der Waals surface area contributed by atoms with Gasteiger partial charge in [0.25, 0.3) is 0 Å². The summed E-state index contributed by atoms with van der Waals surface area (Å²) in [6.45, 7) is 0. The zero-order valence-electron chi connectivity index (χ0n) is 8.25. The van der Waals surface area contributed by atoms with Gasteiger partial charge in [0, 0.05) is 5.56 Å². The second kappa shape index (κ2) is 4.00. The van der Waals surface area contributed by atoms with Crippen LogP contribution in [-0.2, 0) is 0 Å². The SMILES string of the molecule is O=c1cc(-c2ccccc2OC(F)(F)F)[nH]o1. The number of benzene rings is 1. The lowest BCUT2D eigenvalue weighted by molar-refractivity contribution is -0.274. The Labute approximate surface area is 92.6 Å². The number of para-hydroxylation sites is 1. The van der Waals surface area contributed by atoms with E-state index in [2.05, 4.69) is 14.4 Å². The molecule has 0 fully saturated rings. The van der Waals surface area contributed by atoms with Crippen LogP contribution in [0.25, 0.3) is 11.3 Å². The lowest BCUT2D eigenvalue weighted by atomic mass is 10.1. The van der Waals surface area contributed by atoms with Crippen LogP contribution in [0.1, 0.15) is 0 Å². The summed E-state index contributed by atoms with van der Waals surface area (Å²) in [6, 6.07) is 6.47. The maximum atomic E-state index is 12.1. The number of H-pyrrole nitrogens is 1. The number of aromatic amines is 1. The first-order chi connectivity index (χ1) is 7.96. The van der Waals surface area contributed by atoms with E-state index in [-0.39, 0.29) is 11.3 Å². The molecule has 1 N–H and O–H groups in total. The number of halogens is 3. The Morgan fingerprint density at radius 3 is 2.53 bits per heavy atom. The normalized spacial score (nSPS) is 11.5. The molecule has 0 saturated carbocycles. The molecule has 0 amide bonds. The maximum Gasteiger partial charge on any atom is 0.573 e. The Kier molecular flexibility index (Phi) is 2.66. The van der Waals surface area contributed by atoms with Crippen molar-refractivity contribution in [1.82, 2.24) is 5.16 Å². The number of nitrogens with one attached hydrogen (secondary N) is 1. The molecule has 0 atom stereocenters. The van der Waals surface area contributed by atoms with E-state index < -0.39 is 17.7 Å². The summed E-state index contributed by atoms with van der Waals surface area (Å²) < 4.78 is 44.6. The van der Waals surface area contributed by atoms with Gasteiger partial charge in [-0.05, 0) is 12.1 Å². The smallest absolute Gasteiger partial charge is 0.405 e. The van der Waals surface area contributed by atoms with Gasteiger partial charge in [-0.25, -0.2) is 9.95 Å². The minimum Gasteiger partial charge on any atom is -0.405 e. The van der Waals surface area contributed by atoms with Crippen LogP contribution in [0.5, 0.6) is 5.75 Å². The van der Waals surface area contributed by atoms with Gasteiger partial charge in [0.05, 0.1) is 11.8 Å². The van der Waals surface area contributed by atoms with Crippen LogP contribution in [0.3, 0.4) is 0 Å². The second-order valence-corrected chi connectivity index (χ2v) is 3.13. The first kappa shape index (κ1) is 11.3. The molecule has 0 spiro atoms. The van der Waals surface area contributed by atoms with E-state index in [4.69, 9.17) is 0 Å². The van der Waals surface area contributed by atoms with Crippen molar-refractivity contribution in [3.8, 4) is 17.0 Å². The van der Waals surface area contributed by atoms with Crippen LogP contribution < -0.4 is 10.4 Å². The van der Waals surface area contributed by atoms with Gasteiger partial charge in [-0.3, -0.25) is 0 Å². The van der Waals surface area contributed by atoms with Crippen molar-refractivity contribution in [2.75, 3.05) is 0 Å². The molecule has 0 saturated heterocycles. The van der Waals surface area contributed by atoms with E-state index in [1.807, 2.05) is 0 Å². The second-order valence-electron chi connectivity index (χ2n) is 3.13. The van der Waals surface area contributed by atoms with Gasteiger partial charge >= 0.3 is 12.0 Å². The van der Waals surface area contributed by atoms with Crippen LogP contribution in [0.2, 0.25) is 0 Å². The molecule has 0 aliphatic heterocycles. The predicted molar refractivity (Wildman–Crippen MR) is 51.4 cm³/mol. The van der Waals surface area contributed by atoms with Gasteiger partial charge < -0.3 is 9.26 Å². The molecule has 0 aliphatic carbocycles. The Morgan fingerprint density at radius 1 is 1.24 bits per heavy atom. The number of hydrogen-bond donors (Lipinski definition) is 1. The van der Waals surface area contributed by atoms with Crippen molar-refractivity contribution in [2.24, 2.45) is 0 Å². The standard InChI is InChI=1S/C10H6F3NO3/c11-10(12,13)16-8-4-2-1-3-6(8)7-5-9(15)17-14-7/h1-5,14H. The fourth-order valence-electron chi connectivity index (χ4n) is 1.32. The van der Waals surface area contributed by atoms with Crippen molar-refractivity contribution in [1.29, 1.82) is 0 Å². The third kappa shape index (κ3) is 2.68. The zero-order chi connectivity index (χ0) is 12.5. The number of rotatable bonds is 2. The summed E-state index contributed by atoms with van der Waals surface area (Å²) in [7, 11) is 0. The lowest BCUT2D eigenvalue weighted by Crippen LogP contribution is -2.17. The fraction of sp³-hybridized carbons (Fsp3) is 0.100. The molecule has 17 heavy (non-hydrogen) atoms. The monoisotopic (exact) mass is 245 g/mol. The van der Waals surface area contributed by atoms with E-state index >= 15 is 0 Å². The number of hydrogen-bond acceptors (Lipinski definition) is 3. The average molecular weight is 245 g/mol. The van der Waals surface area contributed by atoms with Crippen molar-refractivity contribution in [2.45, 2.75) is 6.36 Å². The number of aromatic nitrogens is 1. The predicted octanol–water partition coefficient (Wildman–Crippen LogP) is 2.53. The molecule has 0 radical (unpaired) electrons. The molecule has 0 bridgehead atoms. The first-order valence-corrected chi connectivity index (χ1v) is 4.49. The van der Waals surface area contributed by atoms with E-state index in [0.717, 1.165) is 12.1 Å². The maximum absolute atomic E-state index is 12.1. The zero-order valence-corrected chi connectivity index (χ0v) is 8.25. The summed E-state index contributed by atoms with van der Waals surface area (Å²) in [4.78, 5) is 10.8. The molecule has 7 heteroatoms. The van der Waals surface area contributed by atoms with Crippen LogP contribution >= 0.6 is 0 Å². The number of alkyl halides is 3. The highest BCUT2D eigenvalue weighted by molar-refractivity contribution is 5.66. The highest BCUT2D eigenvalue weighted by Crippen LogP contribution is 2.31. The molecular weight excluding hydrogens is 239 g/mol. The molecule has 0 unspecified atom stereocenters. The van der Waals surface area contributed by atoms with Crippen molar-refractivity contribution in [3.63, 3.8) is 0 Å². The Balaban J connectivity index is 2.44. The summed E-state index contributed by atoms with van der Waals surface area (Å²) in [5, 5.41) is 2.21. The van der Waals surface area contributed by atoms with Gasteiger partial charge in [-0.1, -0.05) is 12.1 Å². The van der Waals surface area contributed by atoms with Gasteiger partial charge in [0.1, 0.15) is 5.75 Å². The summed E-state index contributed by atoms with van der Waals surface area (Å²) in [5.74, 6) is -0.406. The van der Waals surface area contributed by atoms with E-state index in [1.165, 1.54) is 18.2 Å². The van der Waals surface area contributed by atoms with Crippen molar-refractivity contribution in [3.05, 3.63) is 40.8 Å². The van der Waals surface area contributed by atoms with Gasteiger partial charge in [-0.15, -0.1) is 13.2 Å². The van der Waals surface area contributed by atoms with E-state index in [1.54, 1.807) is 0 Å². The first-order valence-electron chi connectivity index (χ1n) is 4.49. The highest BCUT2D eigenvalue weighted by atomic mass is 19.4. The molecule has 2 rings (SSSR count). The molecule has 1 heterocycles. The molecule has 0 aliphatic rings. The van der Waals surface area contributed by atoms with Crippen LogP contribution in [0.4, 0.5) is 13.2 Å².